The number of carbonyl (C=O) groups is 3. The van der Waals surface area contributed by atoms with Gasteiger partial charge in [0.1, 0.15) is 13.2 Å². The highest BCUT2D eigenvalue weighted by atomic mass is 16.6. The van der Waals surface area contributed by atoms with E-state index in [-0.39, 0.29) is 31.1 Å². The maximum absolute atomic E-state index is 12.8. The van der Waals surface area contributed by atoms with Gasteiger partial charge in [-0.05, 0) is 96.3 Å². The van der Waals surface area contributed by atoms with Crippen molar-refractivity contribution < 1.29 is 28.6 Å². The minimum Gasteiger partial charge on any atom is -0.462 e. The Morgan fingerprint density at radius 2 is 0.667 bits per heavy atom. The summed E-state index contributed by atoms with van der Waals surface area (Å²) in [6.45, 7) is 6.46. The van der Waals surface area contributed by atoms with E-state index < -0.39 is 6.10 Å². The van der Waals surface area contributed by atoms with Crippen LogP contribution in [0.1, 0.15) is 245 Å². The number of hydrogen-bond acceptors (Lipinski definition) is 6. The molecule has 6 heteroatoms. The molecule has 0 aliphatic carbocycles. The van der Waals surface area contributed by atoms with E-state index in [1.165, 1.54) is 103 Å². The minimum absolute atomic E-state index is 0.0851. The quantitative estimate of drug-likeness (QED) is 0.0263. The van der Waals surface area contributed by atoms with Gasteiger partial charge in [0.15, 0.2) is 6.10 Å². The normalized spacial score (nSPS) is 12.5. The smallest absolute Gasteiger partial charge is 0.306 e. The summed E-state index contributed by atoms with van der Waals surface area (Å²) in [5.41, 5.74) is 0. The summed E-state index contributed by atoms with van der Waals surface area (Å²) < 4.78 is 16.8. The molecule has 6 nitrogen and oxygen atoms in total. The summed E-state index contributed by atoms with van der Waals surface area (Å²) in [4.78, 5) is 37.9. The first-order chi connectivity index (χ1) is 29.5. The molecular weight excluding hydrogens is 745 g/mol. The van der Waals surface area contributed by atoms with Crippen molar-refractivity contribution in [2.75, 3.05) is 13.2 Å². The molecule has 0 aliphatic rings. The van der Waals surface area contributed by atoms with Crippen molar-refractivity contribution in [3.05, 3.63) is 60.8 Å². The van der Waals surface area contributed by atoms with E-state index in [9.17, 15) is 14.4 Å². The lowest BCUT2D eigenvalue weighted by atomic mass is 10.1. The molecule has 0 spiro atoms. The molecule has 0 aliphatic heterocycles. The monoisotopic (exact) mass is 839 g/mol. The van der Waals surface area contributed by atoms with Crippen LogP contribution < -0.4 is 0 Å². The summed E-state index contributed by atoms with van der Waals surface area (Å²) in [5, 5.41) is 0. The van der Waals surface area contributed by atoms with Crippen LogP contribution in [0.3, 0.4) is 0 Å². The van der Waals surface area contributed by atoms with Crippen LogP contribution in [0.25, 0.3) is 0 Å². The lowest BCUT2D eigenvalue weighted by Crippen LogP contribution is -2.30. The van der Waals surface area contributed by atoms with Gasteiger partial charge in [0.2, 0.25) is 0 Å². The number of carbonyl (C=O) groups excluding carboxylic acids is 3. The second kappa shape index (κ2) is 48.8. The molecule has 0 bridgehead atoms. The highest BCUT2D eigenvalue weighted by Gasteiger charge is 2.19. The number of allylic oxidation sites excluding steroid dienone is 10. The Labute approximate surface area is 370 Å². The topological polar surface area (TPSA) is 78.9 Å². The number of esters is 3. The van der Waals surface area contributed by atoms with E-state index in [4.69, 9.17) is 14.2 Å². The van der Waals surface area contributed by atoms with E-state index in [1.807, 2.05) is 0 Å². The lowest BCUT2D eigenvalue weighted by Gasteiger charge is -2.18. The average Bonchev–Trinajstić information content (AvgIpc) is 3.24. The van der Waals surface area contributed by atoms with Gasteiger partial charge in [0, 0.05) is 19.3 Å². The molecule has 346 valence electrons. The highest BCUT2D eigenvalue weighted by Crippen LogP contribution is 2.14. The Balaban J connectivity index is 4.39. The van der Waals surface area contributed by atoms with Gasteiger partial charge in [-0.25, -0.2) is 0 Å². The molecule has 0 saturated carbocycles. The van der Waals surface area contributed by atoms with E-state index in [1.54, 1.807) is 0 Å². The van der Waals surface area contributed by atoms with E-state index in [2.05, 4.69) is 81.5 Å². The third-order valence-electron chi connectivity index (χ3n) is 10.7. The van der Waals surface area contributed by atoms with Crippen molar-refractivity contribution in [2.45, 2.75) is 252 Å². The molecule has 0 N–H and O–H groups in total. The Morgan fingerprint density at radius 1 is 0.350 bits per heavy atom. The van der Waals surface area contributed by atoms with Crippen molar-refractivity contribution in [3.63, 3.8) is 0 Å². The molecule has 60 heavy (non-hydrogen) atoms. The molecule has 1 atom stereocenters. The first-order valence-electron chi connectivity index (χ1n) is 25.3. The zero-order chi connectivity index (χ0) is 43.7. The molecule has 0 amide bonds. The van der Waals surface area contributed by atoms with Gasteiger partial charge in [-0.2, -0.15) is 0 Å². The number of unbranched alkanes of at least 4 members (excludes halogenated alkanes) is 24. The fourth-order valence-electron chi connectivity index (χ4n) is 6.90. The van der Waals surface area contributed by atoms with Gasteiger partial charge in [-0.1, -0.05) is 191 Å². The summed E-state index contributed by atoms with van der Waals surface area (Å²) in [7, 11) is 0. The van der Waals surface area contributed by atoms with Crippen molar-refractivity contribution in [2.24, 2.45) is 0 Å². The van der Waals surface area contributed by atoms with Crippen LogP contribution in [0.15, 0.2) is 60.8 Å². The Bertz CT molecular complexity index is 1100. The molecule has 0 aromatic heterocycles. The van der Waals surface area contributed by atoms with E-state index in [0.717, 1.165) is 103 Å². The van der Waals surface area contributed by atoms with E-state index in [0.29, 0.717) is 19.3 Å². The van der Waals surface area contributed by atoms with E-state index >= 15 is 0 Å². The molecule has 0 saturated heterocycles. The third-order valence-corrected chi connectivity index (χ3v) is 10.7. The van der Waals surface area contributed by atoms with Crippen LogP contribution in [0.5, 0.6) is 0 Å². The van der Waals surface area contributed by atoms with Gasteiger partial charge in [0.05, 0.1) is 0 Å². The summed E-state index contributed by atoms with van der Waals surface area (Å²) in [5.74, 6) is -0.911. The fraction of sp³-hybridized carbons (Fsp3) is 0.759. The molecule has 0 aromatic rings. The number of hydrogen-bond donors (Lipinski definition) is 0. The number of rotatable bonds is 45. The van der Waals surface area contributed by atoms with Crippen molar-refractivity contribution >= 4 is 17.9 Å². The standard InChI is InChI=1S/C54H94O6/c1-4-7-10-13-16-19-22-24-26-27-28-30-32-35-38-41-44-47-53(56)59-50-51(49-58-52(55)46-43-40-37-34-31-21-18-15-12-9-6-3)60-54(57)48-45-42-39-36-33-29-25-23-20-17-14-11-8-5-2/h7,10,15-16,18-19,23-26,51H,4-6,8-9,11-14,17,20-22,27-50H2,1-3H3/b10-7-,18-15-,19-16-,25-23-,26-24-. The zero-order valence-corrected chi connectivity index (χ0v) is 39.5. The summed E-state index contributed by atoms with van der Waals surface area (Å²) >= 11 is 0. The van der Waals surface area contributed by atoms with Crippen LogP contribution in [0, 0.1) is 0 Å². The maximum atomic E-state index is 12.8. The summed E-state index contributed by atoms with van der Waals surface area (Å²) in [6, 6.07) is 0. The van der Waals surface area contributed by atoms with Crippen molar-refractivity contribution in [3.8, 4) is 0 Å². The predicted molar refractivity (Wildman–Crippen MR) is 256 cm³/mol. The Morgan fingerprint density at radius 3 is 1.08 bits per heavy atom. The number of ether oxygens (including phenoxy) is 3. The van der Waals surface area contributed by atoms with Crippen molar-refractivity contribution in [1.29, 1.82) is 0 Å². The van der Waals surface area contributed by atoms with Gasteiger partial charge in [0.25, 0.3) is 0 Å². The predicted octanol–water partition coefficient (Wildman–Crippen LogP) is 16.5. The van der Waals surface area contributed by atoms with Crippen LogP contribution in [0.2, 0.25) is 0 Å². The van der Waals surface area contributed by atoms with Crippen molar-refractivity contribution in [1.82, 2.24) is 0 Å². The van der Waals surface area contributed by atoms with Gasteiger partial charge in [-0.15, -0.1) is 0 Å². The van der Waals surface area contributed by atoms with Crippen LogP contribution in [-0.4, -0.2) is 37.2 Å². The van der Waals surface area contributed by atoms with Gasteiger partial charge >= 0.3 is 17.9 Å². The molecule has 0 heterocycles. The molecule has 0 fully saturated rings. The first kappa shape index (κ1) is 57.1. The van der Waals surface area contributed by atoms with Crippen LogP contribution in [0.4, 0.5) is 0 Å². The third kappa shape index (κ3) is 46.2. The molecule has 1 unspecified atom stereocenters. The highest BCUT2D eigenvalue weighted by molar-refractivity contribution is 5.71. The molecule has 0 aromatic carbocycles. The maximum Gasteiger partial charge on any atom is 0.306 e. The molecule has 0 radical (unpaired) electrons. The fourth-order valence-corrected chi connectivity index (χ4v) is 6.90. The molecule has 0 rings (SSSR count). The Hall–Kier alpha value is -2.89. The zero-order valence-electron chi connectivity index (χ0n) is 39.5. The summed E-state index contributed by atoms with van der Waals surface area (Å²) in [6.07, 6.45) is 59.1. The first-order valence-corrected chi connectivity index (χ1v) is 25.3. The Kier molecular flexibility index (Phi) is 46.4. The molecular formula is C54H94O6. The lowest BCUT2D eigenvalue weighted by molar-refractivity contribution is -0.167. The minimum atomic E-state index is -0.784. The van der Waals surface area contributed by atoms with Gasteiger partial charge in [-0.3, -0.25) is 14.4 Å². The second-order valence-corrected chi connectivity index (χ2v) is 16.7. The van der Waals surface area contributed by atoms with Crippen LogP contribution in [-0.2, 0) is 28.6 Å². The van der Waals surface area contributed by atoms with Gasteiger partial charge < -0.3 is 14.2 Å². The average molecular weight is 839 g/mol. The largest absolute Gasteiger partial charge is 0.462 e. The SMILES string of the molecule is CC/C=C\C/C=C\C/C=C\CCCCCCCCCC(=O)OCC(COC(=O)CCCCCCC/C=C\CCCC)OC(=O)CCCCCCC/C=C\CCCCCCC. The van der Waals surface area contributed by atoms with Crippen LogP contribution >= 0.6 is 0 Å². The second-order valence-electron chi connectivity index (χ2n) is 16.7.